The highest BCUT2D eigenvalue weighted by molar-refractivity contribution is 5.93. The van der Waals surface area contributed by atoms with E-state index in [-0.39, 0.29) is 47.7 Å². The lowest BCUT2D eigenvalue weighted by Crippen LogP contribution is -2.40. The number of aromatic nitrogens is 1. The Bertz CT molecular complexity index is 2550. The number of anilines is 2. The highest BCUT2D eigenvalue weighted by Gasteiger charge is 2.24. The lowest BCUT2D eigenvalue weighted by atomic mass is 10.0. The summed E-state index contributed by atoms with van der Waals surface area (Å²) in [4.78, 5) is 57.3. The van der Waals surface area contributed by atoms with Gasteiger partial charge in [-0.2, -0.15) is 0 Å². The van der Waals surface area contributed by atoms with Crippen molar-refractivity contribution < 1.29 is 29.3 Å². The quantitative estimate of drug-likeness (QED) is 0.0624. The van der Waals surface area contributed by atoms with Crippen LogP contribution in [-0.4, -0.2) is 77.3 Å². The van der Waals surface area contributed by atoms with Crippen LogP contribution in [0.4, 0.5) is 16.2 Å². The molecule has 1 fully saturated rings. The summed E-state index contributed by atoms with van der Waals surface area (Å²) in [5.41, 5.74) is 6.56. The third-order valence-corrected chi connectivity index (χ3v) is 11.1. The number of piperidine rings is 1. The van der Waals surface area contributed by atoms with Gasteiger partial charge in [-0.1, -0.05) is 91.0 Å². The van der Waals surface area contributed by atoms with Crippen LogP contribution in [0, 0.1) is 0 Å². The van der Waals surface area contributed by atoms with Crippen LogP contribution in [0.1, 0.15) is 47.6 Å². The van der Waals surface area contributed by atoms with Gasteiger partial charge < -0.3 is 40.4 Å². The van der Waals surface area contributed by atoms with Gasteiger partial charge in [0.15, 0.2) is 0 Å². The number of hydrogen-bond acceptors (Lipinski definition) is 9. The number of carbonyl (C=O) groups is 3. The lowest BCUT2D eigenvalue weighted by Gasteiger charge is -2.31. The van der Waals surface area contributed by atoms with E-state index in [0.717, 1.165) is 46.6 Å². The van der Waals surface area contributed by atoms with Crippen molar-refractivity contribution in [2.75, 3.05) is 43.4 Å². The first-order chi connectivity index (χ1) is 30.1. The molecule has 6 aromatic rings. The minimum Gasteiger partial charge on any atom is -0.506 e. The molecule has 320 valence electrons. The normalized spacial score (nSPS) is 13.6. The Morgan fingerprint density at radius 3 is 2.37 bits per heavy atom. The van der Waals surface area contributed by atoms with Crippen LogP contribution in [0.2, 0.25) is 0 Å². The lowest BCUT2D eigenvalue weighted by molar-refractivity contribution is -0.120. The zero-order valence-corrected chi connectivity index (χ0v) is 34.7. The second-order valence-corrected chi connectivity index (χ2v) is 15.6. The molecule has 1 aliphatic heterocycles. The van der Waals surface area contributed by atoms with Gasteiger partial charge in [-0.3, -0.25) is 19.7 Å². The Balaban J connectivity index is 0.809. The summed E-state index contributed by atoms with van der Waals surface area (Å²) < 4.78 is 5.78. The molecule has 1 aliphatic rings. The number of nitrogens with one attached hydrogen (secondary N) is 4. The molecule has 1 aromatic heterocycles. The number of carbonyl (C=O) groups excluding carboxylic acids is 3. The minimum atomic E-state index is -0.886. The van der Waals surface area contributed by atoms with Crippen molar-refractivity contribution in [3.05, 3.63) is 160 Å². The van der Waals surface area contributed by atoms with Gasteiger partial charge in [0.2, 0.25) is 17.4 Å². The van der Waals surface area contributed by atoms with Gasteiger partial charge in [0.05, 0.1) is 23.7 Å². The third-order valence-electron chi connectivity index (χ3n) is 11.1. The Hall–Kier alpha value is -6.80. The number of fused-ring (bicyclic) bond motifs is 1. The number of hydrogen-bond donors (Lipinski definition) is 6. The maximum atomic E-state index is 13.3. The first-order valence-corrected chi connectivity index (χ1v) is 20.9. The molecule has 2 heterocycles. The molecule has 13 heteroatoms. The molecule has 1 atom stereocenters. The molecule has 5 aromatic carbocycles. The molecule has 0 aliphatic carbocycles. The van der Waals surface area contributed by atoms with Crippen molar-refractivity contribution in [3.63, 3.8) is 0 Å². The maximum absolute atomic E-state index is 13.3. The van der Waals surface area contributed by atoms with Crippen molar-refractivity contribution >= 4 is 40.2 Å². The van der Waals surface area contributed by atoms with E-state index in [9.17, 15) is 29.4 Å². The molecule has 6 N–H and O–H groups in total. The van der Waals surface area contributed by atoms with Crippen molar-refractivity contribution in [3.8, 4) is 16.9 Å². The number of aliphatic hydroxyl groups is 1. The van der Waals surface area contributed by atoms with E-state index < -0.39 is 12.2 Å². The van der Waals surface area contributed by atoms with Crippen LogP contribution in [0.3, 0.4) is 0 Å². The number of benzene rings is 5. The number of nitrogens with zero attached hydrogens (tertiary/aromatic N) is 2. The highest BCUT2D eigenvalue weighted by atomic mass is 16.6. The summed E-state index contributed by atoms with van der Waals surface area (Å²) in [7, 11) is 1.76. The van der Waals surface area contributed by atoms with Crippen molar-refractivity contribution in [2.45, 2.75) is 51.0 Å². The van der Waals surface area contributed by atoms with E-state index in [1.54, 1.807) is 24.1 Å². The van der Waals surface area contributed by atoms with Gasteiger partial charge in [-0.25, -0.2) is 4.79 Å². The number of pyridine rings is 1. The SMILES string of the molecule is CN(C(=O)CCN1CCC(OC(=O)Nc2ccccc2-c2ccccc2)CC1)c1cccc(CNC(=O)Cc2cccc(CNC[C@H](O)c3ccc(O)c4[nH]c(=O)ccc34)c2)c1. The average molecular weight is 837 g/mol. The van der Waals surface area contributed by atoms with Gasteiger partial charge >= 0.3 is 6.09 Å². The fraction of sp³-hybridized carbons (Fsp3) is 0.265. The molecule has 7 rings (SSSR count). The van der Waals surface area contributed by atoms with Gasteiger partial charge in [-0.05, 0) is 71.0 Å². The molecule has 62 heavy (non-hydrogen) atoms. The smallest absolute Gasteiger partial charge is 0.411 e. The largest absolute Gasteiger partial charge is 0.506 e. The van der Waals surface area contributed by atoms with Crippen LogP contribution in [0.15, 0.2) is 132 Å². The predicted molar refractivity (Wildman–Crippen MR) is 241 cm³/mol. The zero-order chi connectivity index (χ0) is 43.4. The summed E-state index contributed by atoms with van der Waals surface area (Å²) >= 11 is 0. The van der Waals surface area contributed by atoms with Crippen molar-refractivity contribution in [2.24, 2.45) is 0 Å². The Morgan fingerprint density at radius 2 is 1.56 bits per heavy atom. The first kappa shape index (κ1) is 43.3. The van der Waals surface area contributed by atoms with Crippen LogP contribution >= 0.6 is 0 Å². The van der Waals surface area contributed by atoms with Gasteiger partial charge in [-0.15, -0.1) is 0 Å². The fourth-order valence-electron chi connectivity index (χ4n) is 7.75. The van der Waals surface area contributed by atoms with Crippen molar-refractivity contribution in [1.29, 1.82) is 0 Å². The van der Waals surface area contributed by atoms with E-state index in [0.29, 0.717) is 55.5 Å². The number of phenols is 1. The molecular formula is C49H52N6O7. The summed E-state index contributed by atoms with van der Waals surface area (Å²) in [6.07, 6.45) is 0.341. The number of H-pyrrole nitrogens is 1. The number of aromatic hydroxyl groups is 1. The molecule has 13 nitrogen and oxygen atoms in total. The second-order valence-electron chi connectivity index (χ2n) is 15.6. The van der Waals surface area contributed by atoms with Crippen LogP contribution < -0.4 is 26.4 Å². The number of rotatable bonds is 16. The monoisotopic (exact) mass is 836 g/mol. The molecule has 3 amide bonds. The summed E-state index contributed by atoms with van der Waals surface area (Å²) in [6, 6.07) is 38.8. The molecule has 0 unspecified atom stereocenters. The Labute approximate surface area is 360 Å². The number of aromatic amines is 1. The zero-order valence-electron chi connectivity index (χ0n) is 34.7. The molecule has 1 saturated heterocycles. The van der Waals surface area contributed by atoms with E-state index >= 15 is 0 Å². The molecule has 0 bridgehead atoms. The Morgan fingerprint density at radius 1 is 0.839 bits per heavy atom. The van der Waals surface area contributed by atoms with Gasteiger partial charge in [0.1, 0.15) is 11.9 Å². The standard InChI is InChI=1S/C49H52N6O7/c1-54(47(60)23-26-55-24-21-38(22-25-55)62-49(61)52-42-16-6-5-15-39(42)36-12-3-2-4-13-36)37-14-8-11-35(28-37)31-51-46(59)29-33-9-7-10-34(27-33)30-50-32-44(57)40-17-19-43(56)48-41(40)18-20-45(58)53-48/h2-20,27-28,38,44,50,56-57H,21-26,29-32H2,1H3,(H,51,59)(H,52,61)(H,53,58)/t44-/m0/s1. The van der Waals surface area contributed by atoms with Gasteiger partial charge in [0, 0.05) is 75.4 Å². The number of phenolic OH excluding ortho intramolecular Hbond substituents is 1. The predicted octanol–water partition coefficient (Wildman–Crippen LogP) is 6.65. The average Bonchev–Trinajstić information content (AvgIpc) is 3.28. The molecular weight excluding hydrogens is 785 g/mol. The summed E-state index contributed by atoms with van der Waals surface area (Å²) in [5.74, 6) is -0.220. The molecule has 0 radical (unpaired) electrons. The minimum absolute atomic E-state index is 0.0173. The maximum Gasteiger partial charge on any atom is 0.411 e. The summed E-state index contributed by atoms with van der Waals surface area (Å²) in [6.45, 7) is 3.04. The second kappa shape index (κ2) is 20.6. The topological polar surface area (TPSA) is 176 Å². The van der Waals surface area contributed by atoms with E-state index in [4.69, 9.17) is 4.74 Å². The number of para-hydroxylation sites is 1. The first-order valence-electron chi connectivity index (χ1n) is 20.9. The van der Waals surface area contributed by atoms with Crippen LogP contribution in [0.25, 0.3) is 22.0 Å². The third kappa shape index (κ3) is 11.5. The van der Waals surface area contributed by atoms with E-state index in [1.807, 2.05) is 103 Å². The van der Waals surface area contributed by atoms with Crippen molar-refractivity contribution in [1.82, 2.24) is 20.5 Å². The van der Waals surface area contributed by atoms with E-state index in [2.05, 4.69) is 25.8 Å². The number of ether oxygens (including phenoxy) is 1. The summed E-state index contributed by atoms with van der Waals surface area (Å²) in [5, 5.41) is 30.8. The van der Waals surface area contributed by atoms with Crippen LogP contribution in [-0.2, 0) is 33.8 Å². The number of aliphatic hydroxyl groups excluding tert-OH is 1. The van der Waals surface area contributed by atoms with Gasteiger partial charge in [0.25, 0.3) is 0 Å². The number of amides is 3. The number of likely N-dealkylation sites (tertiary alicyclic amines) is 1. The molecule has 0 spiro atoms. The molecule has 0 saturated carbocycles. The fourth-order valence-corrected chi connectivity index (χ4v) is 7.75. The highest BCUT2D eigenvalue weighted by Crippen LogP contribution is 2.30. The Kier molecular flexibility index (Phi) is 14.4. The van der Waals surface area contributed by atoms with E-state index in [1.165, 1.54) is 12.1 Å². The van der Waals surface area contributed by atoms with Crippen LogP contribution in [0.5, 0.6) is 5.75 Å².